The van der Waals surface area contributed by atoms with Crippen molar-refractivity contribution in [2.45, 2.75) is 64.4 Å². The molecule has 1 unspecified atom stereocenters. The Morgan fingerprint density at radius 2 is 1.69 bits per heavy atom. The molecule has 1 heteroatoms. The maximum atomic E-state index is 9.49. The van der Waals surface area contributed by atoms with E-state index in [1.165, 1.54) is 32.1 Å². The first kappa shape index (κ1) is 12.5. The molecule has 13 heavy (non-hydrogen) atoms. The normalized spacial score (nSPS) is 14.9. The van der Waals surface area contributed by atoms with Crippen LogP contribution in [0.4, 0.5) is 0 Å². The topological polar surface area (TPSA) is 20.2 Å². The van der Waals surface area contributed by atoms with Gasteiger partial charge >= 0.3 is 0 Å². The van der Waals surface area contributed by atoms with Crippen molar-refractivity contribution in [1.29, 1.82) is 0 Å². The van der Waals surface area contributed by atoms with Crippen molar-refractivity contribution in [3.05, 3.63) is 0 Å². The van der Waals surface area contributed by atoms with Gasteiger partial charge in [-0.2, -0.15) is 0 Å². The molecule has 0 aliphatic carbocycles. The highest BCUT2D eigenvalue weighted by molar-refractivity contribution is 5.03. The highest BCUT2D eigenvalue weighted by atomic mass is 16.3. The molecule has 1 nitrogen and oxygen atoms in total. The Morgan fingerprint density at radius 3 is 2.23 bits per heavy atom. The molecule has 0 aliphatic rings. The van der Waals surface area contributed by atoms with E-state index < -0.39 is 5.60 Å². The van der Waals surface area contributed by atoms with E-state index in [-0.39, 0.29) is 0 Å². The fraction of sp³-hybridized carbons (Fsp3) is 0.833. The quantitative estimate of drug-likeness (QED) is 0.474. The van der Waals surface area contributed by atoms with Gasteiger partial charge in [-0.3, -0.25) is 0 Å². The molecule has 0 radical (unpaired) electrons. The molecule has 1 N–H and O–H groups in total. The lowest BCUT2D eigenvalue weighted by molar-refractivity contribution is 0.109. The lowest BCUT2D eigenvalue weighted by Crippen LogP contribution is -2.20. The summed E-state index contributed by atoms with van der Waals surface area (Å²) >= 11 is 0. The van der Waals surface area contributed by atoms with Gasteiger partial charge in [0.05, 0.1) is 0 Å². The summed E-state index contributed by atoms with van der Waals surface area (Å²) in [6.45, 7) is 3.92. The molecule has 0 aliphatic heterocycles. The summed E-state index contributed by atoms with van der Waals surface area (Å²) in [5, 5.41) is 9.49. The minimum atomic E-state index is -0.884. The number of rotatable bonds is 7. The third-order valence-corrected chi connectivity index (χ3v) is 2.33. The Bertz CT molecular complexity index is 153. The monoisotopic (exact) mass is 182 g/mol. The first-order valence-corrected chi connectivity index (χ1v) is 5.32. The summed E-state index contributed by atoms with van der Waals surface area (Å²) < 4.78 is 0. The first-order chi connectivity index (χ1) is 6.12. The van der Waals surface area contributed by atoms with Gasteiger partial charge in [0.2, 0.25) is 0 Å². The standard InChI is InChI=1S/C12H22O/c1-4-6-7-8-9-10-11-12(3,13)5-2/h2,13H,4,6-11H2,1,3H3. The zero-order valence-corrected chi connectivity index (χ0v) is 8.97. The lowest BCUT2D eigenvalue weighted by Gasteiger charge is -2.15. The minimum absolute atomic E-state index is 0.732. The molecule has 0 fully saturated rings. The molecule has 0 bridgehead atoms. The molecule has 0 aromatic heterocycles. The molecule has 0 saturated carbocycles. The number of hydrogen-bond acceptors (Lipinski definition) is 1. The summed E-state index contributed by atoms with van der Waals surface area (Å²) in [4.78, 5) is 0. The highest BCUT2D eigenvalue weighted by Crippen LogP contribution is 2.14. The van der Waals surface area contributed by atoms with E-state index in [1.54, 1.807) is 6.92 Å². The maximum Gasteiger partial charge on any atom is 0.122 e. The summed E-state index contributed by atoms with van der Waals surface area (Å²) in [7, 11) is 0. The van der Waals surface area contributed by atoms with Crippen LogP contribution >= 0.6 is 0 Å². The predicted octanol–water partition coefficient (Wildman–Crippen LogP) is 3.12. The van der Waals surface area contributed by atoms with Gasteiger partial charge in [-0.15, -0.1) is 6.42 Å². The van der Waals surface area contributed by atoms with Crippen molar-refractivity contribution in [1.82, 2.24) is 0 Å². The Balaban J connectivity index is 3.22. The van der Waals surface area contributed by atoms with Crippen molar-refractivity contribution < 1.29 is 5.11 Å². The van der Waals surface area contributed by atoms with Gasteiger partial charge in [-0.25, -0.2) is 0 Å². The predicted molar refractivity (Wildman–Crippen MR) is 57.4 cm³/mol. The second-order valence-corrected chi connectivity index (χ2v) is 3.94. The third kappa shape index (κ3) is 7.87. The van der Waals surface area contributed by atoms with Gasteiger partial charge < -0.3 is 5.11 Å². The van der Waals surface area contributed by atoms with E-state index in [0.29, 0.717) is 0 Å². The third-order valence-electron chi connectivity index (χ3n) is 2.33. The zero-order chi connectivity index (χ0) is 10.2. The Labute approximate surface area is 82.5 Å². The number of aliphatic hydroxyl groups is 1. The molecule has 0 rings (SSSR count). The first-order valence-electron chi connectivity index (χ1n) is 5.32. The summed E-state index contributed by atoms with van der Waals surface area (Å²) in [6, 6.07) is 0. The average molecular weight is 182 g/mol. The van der Waals surface area contributed by atoms with Gasteiger partial charge in [0.15, 0.2) is 0 Å². The molecule has 0 saturated heterocycles. The molecule has 76 valence electrons. The molecular weight excluding hydrogens is 160 g/mol. The van der Waals surface area contributed by atoms with E-state index in [1.807, 2.05) is 0 Å². The Hall–Kier alpha value is -0.480. The molecule has 0 aromatic carbocycles. The van der Waals surface area contributed by atoms with Gasteiger partial charge in [0.1, 0.15) is 5.60 Å². The van der Waals surface area contributed by atoms with Crippen molar-refractivity contribution in [2.75, 3.05) is 0 Å². The van der Waals surface area contributed by atoms with E-state index in [0.717, 1.165) is 12.8 Å². The van der Waals surface area contributed by atoms with E-state index in [9.17, 15) is 5.11 Å². The number of terminal acetylenes is 1. The SMILES string of the molecule is C#CC(C)(O)CCCCCCCC. The van der Waals surface area contributed by atoms with Gasteiger partial charge in [0, 0.05) is 0 Å². The second kappa shape index (κ2) is 6.97. The van der Waals surface area contributed by atoms with Crippen LogP contribution in [0, 0.1) is 12.3 Å². The number of hydrogen-bond donors (Lipinski definition) is 1. The second-order valence-electron chi connectivity index (χ2n) is 3.94. The lowest BCUT2D eigenvalue weighted by atomic mass is 9.99. The van der Waals surface area contributed by atoms with E-state index in [2.05, 4.69) is 12.8 Å². The largest absolute Gasteiger partial charge is 0.378 e. The van der Waals surface area contributed by atoms with E-state index in [4.69, 9.17) is 6.42 Å². The average Bonchev–Trinajstić information content (AvgIpc) is 2.11. The molecule has 1 atom stereocenters. The highest BCUT2D eigenvalue weighted by Gasteiger charge is 2.14. The number of unbranched alkanes of at least 4 members (excludes halogenated alkanes) is 5. The van der Waals surface area contributed by atoms with Crippen LogP contribution in [0.15, 0.2) is 0 Å². The molecule has 0 aromatic rings. The molecular formula is C12H22O. The minimum Gasteiger partial charge on any atom is -0.378 e. The molecule has 0 amide bonds. The van der Waals surface area contributed by atoms with Gasteiger partial charge in [-0.05, 0) is 19.8 Å². The van der Waals surface area contributed by atoms with Crippen LogP contribution in [0.3, 0.4) is 0 Å². The van der Waals surface area contributed by atoms with Crippen molar-refractivity contribution in [3.8, 4) is 12.3 Å². The van der Waals surface area contributed by atoms with Gasteiger partial charge in [0.25, 0.3) is 0 Å². The van der Waals surface area contributed by atoms with Crippen molar-refractivity contribution >= 4 is 0 Å². The smallest absolute Gasteiger partial charge is 0.122 e. The van der Waals surface area contributed by atoms with Crippen LogP contribution in [-0.4, -0.2) is 10.7 Å². The van der Waals surface area contributed by atoms with Crippen LogP contribution in [0.2, 0.25) is 0 Å². The van der Waals surface area contributed by atoms with Crippen molar-refractivity contribution in [2.24, 2.45) is 0 Å². The van der Waals surface area contributed by atoms with Gasteiger partial charge in [-0.1, -0.05) is 44.9 Å². The zero-order valence-electron chi connectivity index (χ0n) is 8.97. The van der Waals surface area contributed by atoms with E-state index >= 15 is 0 Å². The fourth-order valence-corrected chi connectivity index (χ4v) is 1.32. The summed E-state index contributed by atoms with van der Waals surface area (Å²) in [5.74, 6) is 2.40. The fourth-order valence-electron chi connectivity index (χ4n) is 1.32. The summed E-state index contributed by atoms with van der Waals surface area (Å²) in [5.41, 5.74) is -0.884. The van der Waals surface area contributed by atoms with Crippen LogP contribution in [0.1, 0.15) is 58.8 Å². The Kier molecular flexibility index (Phi) is 6.72. The van der Waals surface area contributed by atoms with Crippen LogP contribution in [-0.2, 0) is 0 Å². The van der Waals surface area contributed by atoms with Crippen molar-refractivity contribution in [3.63, 3.8) is 0 Å². The molecule has 0 heterocycles. The Morgan fingerprint density at radius 1 is 1.15 bits per heavy atom. The molecule has 0 spiro atoms. The van der Waals surface area contributed by atoms with Crippen LogP contribution < -0.4 is 0 Å². The maximum absolute atomic E-state index is 9.49. The van der Waals surface area contributed by atoms with Crippen LogP contribution in [0.5, 0.6) is 0 Å². The summed E-state index contributed by atoms with van der Waals surface area (Å²) in [6.07, 6.45) is 13.3. The van der Waals surface area contributed by atoms with Crippen LogP contribution in [0.25, 0.3) is 0 Å².